The van der Waals surface area contributed by atoms with Crippen molar-refractivity contribution < 1.29 is 22.4 Å². The number of amides is 1. The monoisotopic (exact) mass is 303 g/mol. The van der Waals surface area contributed by atoms with Crippen LogP contribution in [0.25, 0.3) is 0 Å². The first-order valence-electron chi connectivity index (χ1n) is 5.30. The highest BCUT2D eigenvalue weighted by Gasteiger charge is 2.17. The van der Waals surface area contributed by atoms with E-state index in [0.717, 1.165) is 24.3 Å². The van der Waals surface area contributed by atoms with Crippen LogP contribution in [0.15, 0.2) is 30.3 Å². The van der Waals surface area contributed by atoms with Crippen LogP contribution in [-0.2, 0) is 0 Å². The zero-order valence-corrected chi connectivity index (χ0v) is 10.4. The summed E-state index contributed by atoms with van der Waals surface area (Å²) >= 11 is 5.66. The first-order chi connectivity index (χ1) is 9.40. The van der Waals surface area contributed by atoms with Crippen LogP contribution in [0.1, 0.15) is 10.4 Å². The Balaban J connectivity index is 2.30. The lowest BCUT2D eigenvalue weighted by Gasteiger charge is -2.08. The Hall–Kier alpha value is -2.08. The lowest BCUT2D eigenvalue weighted by Crippen LogP contribution is -2.14. The van der Waals surface area contributed by atoms with E-state index in [0.29, 0.717) is 6.07 Å². The van der Waals surface area contributed by atoms with Gasteiger partial charge in [0, 0.05) is 0 Å². The molecule has 0 fully saturated rings. The van der Waals surface area contributed by atoms with Crippen LogP contribution < -0.4 is 5.32 Å². The van der Waals surface area contributed by atoms with E-state index in [2.05, 4.69) is 0 Å². The predicted molar refractivity (Wildman–Crippen MR) is 65.7 cm³/mol. The molecule has 0 aliphatic carbocycles. The lowest BCUT2D eigenvalue weighted by atomic mass is 10.2. The van der Waals surface area contributed by atoms with Crippen molar-refractivity contribution in [2.75, 3.05) is 5.32 Å². The largest absolute Gasteiger partial charge is 0.319 e. The fourth-order valence-corrected chi connectivity index (χ4v) is 1.74. The van der Waals surface area contributed by atoms with Crippen molar-refractivity contribution >= 4 is 23.2 Å². The highest BCUT2D eigenvalue weighted by Crippen LogP contribution is 2.22. The average molecular weight is 304 g/mol. The van der Waals surface area contributed by atoms with Gasteiger partial charge in [-0.3, -0.25) is 4.79 Å². The average Bonchev–Trinajstić information content (AvgIpc) is 2.39. The number of halogens is 5. The van der Waals surface area contributed by atoms with E-state index >= 15 is 0 Å². The van der Waals surface area contributed by atoms with Gasteiger partial charge in [0.05, 0.1) is 16.3 Å². The van der Waals surface area contributed by atoms with Gasteiger partial charge in [-0.15, -0.1) is 0 Å². The standard InChI is InChI=1S/C13H6ClF4NO/c14-8-5-6(15)1-2-7(8)13(20)19-10-4-3-9(16)11(17)12(10)18/h1-5H,(H,19,20). The molecule has 0 heterocycles. The third-order valence-corrected chi connectivity index (χ3v) is 2.77. The molecule has 0 atom stereocenters. The SMILES string of the molecule is O=C(Nc1ccc(F)c(F)c1F)c1ccc(F)cc1Cl. The summed E-state index contributed by atoms with van der Waals surface area (Å²) in [6.45, 7) is 0. The van der Waals surface area contributed by atoms with Crippen molar-refractivity contribution in [1.82, 2.24) is 0 Å². The van der Waals surface area contributed by atoms with Crippen molar-refractivity contribution in [3.63, 3.8) is 0 Å². The fraction of sp³-hybridized carbons (Fsp3) is 0. The number of benzene rings is 2. The Morgan fingerprint density at radius 3 is 2.35 bits per heavy atom. The van der Waals surface area contributed by atoms with Crippen LogP contribution in [0, 0.1) is 23.3 Å². The Morgan fingerprint density at radius 1 is 1.00 bits per heavy atom. The fourth-order valence-electron chi connectivity index (χ4n) is 1.49. The number of hydrogen-bond donors (Lipinski definition) is 1. The van der Waals surface area contributed by atoms with Gasteiger partial charge in [0.1, 0.15) is 5.82 Å². The van der Waals surface area contributed by atoms with Crippen molar-refractivity contribution in [2.45, 2.75) is 0 Å². The first kappa shape index (κ1) is 14.3. The van der Waals surface area contributed by atoms with Crippen LogP contribution in [0.4, 0.5) is 23.2 Å². The van der Waals surface area contributed by atoms with Crippen LogP contribution >= 0.6 is 11.6 Å². The first-order valence-corrected chi connectivity index (χ1v) is 5.68. The maximum absolute atomic E-state index is 13.4. The third kappa shape index (κ3) is 2.75. The second-order valence-electron chi connectivity index (χ2n) is 3.80. The molecule has 0 saturated heterocycles. The molecule has 2 rings (SSSR count). The van der Waals surface area contributed by atoms with Crippen LogP contribution in [0.5, 0.6) is 0 Å². The van der Waals surface area contributed by atoms with Crippen molar-refractivity contribution in [2.24, 2.45) is 0 Å². The normalized spacial score (nSPS) is 10.4. The molecular weight excluding hydrogens is 298 g/mol. The smallest absolute Gasteiger partial charge is 0.257 e. The molecule has 0 saturated carbocycles. The molecule has 0 spiro atoms. The van der Waals surface area contributed by atoms with E-state index in [9.17, 15) is 22.4 Å². The predicted octanol–water partition coefficient (Wildman–Crippen LogP) is 4.15. The minimum Gasteiger partial charge on any atom is -0.319 e. The van der Waals surface area contributed by atoms with Crippen molar-refractivity contribution in [1.29, 1.82) is 0 Å². The van der Waals surface area contributed by atoms with Crippen molar-refractivity contribution in [3.8, 4) is 0 Å². The molecule has 2 aromatic carbocycles. The molecule has 20 heavy (non-hydrogen) atoms. The van der Waals surface area contributed by atoms with Gasteiger partial charge in [-0.2, -0.15) is 0 Å². The van der Waals surface area contributed by atoms with E-state index in [4.69, 9.17) is 11.6 Å². The van der Waals surface area contributed by atoms with Crippen LogP contribution in [0.2, 0.25) is 5.02 Å². The molecule has 2 nitrogen and oxygen atoms in total. The Morgan fingerprint density at radius 2 is 1.70 bits per heavy atom. The van der Waals surface area contributed by atoms with Gasteiger partial charge in [0.15, 0.2) is 17.5 Å². The number of carbonyl (C=O) groups is 1. The summed E-state index contributed by atoms with van der Waals surface area (Å²) in [5.74, 6) is -6.13. The van der Waals surface area contributed by atoms with Gasteiger partial charge in [0.25, 0.3) is 5.91 Å². The second-order valence-corrected chi connectivity index (χ2v) is 4.21. The summed E-state index contributed by atoms with van der Waals surface area (Å²) in [6.07, 6.45) is 0. The lowest BCUT2D eigenvalue weighted by molar-refractivity contribution is 0.102. The molecule has 1 amide bonds. The van der Waals surface area contributed by atoms with E-state index in [1.807, 2.05) is 5.32 Å². The van der Waals surface area contributed by atoms with Crippen molar-refractivity contribution in [3.05, 3.63) is 64.2 Å². The zero-order valence-electron chi connectivity index (χ0n) is 9.68. The molecule has 2 aromatic rings. The van der Waals surface area contributed by atoms with E-state index in [1.165, 1.54) is 0 Å². The van der Waals surface area contributed by atoms with Crippen LogP contribution in [-0.4, -0.2) is 5.91 Å². The summed E-state index contributed by atoms with van der Waals surface area (Å²) in [4.78, 5) is 11.8. The highest BCUT2D eigenvalue weighted by molar-refractivity contribution is 6.34. The molecule has 0 aliphatic rings. The minimum absolute atomic E-state index is 0.128. The summed E-state index contributed by atoms with van der Waals surface area (Å²) in [7, 11) is 0. The molecule has 0 aromatic heterocycles. The van der Waals surface area contributed by atoms with Gasteiger partial charge in [0.2, 0.25) is 0 Å². The third-order valence-electron chi connectivity index (χ3n) is 2.46. The topological polar surface area (TPSA) is 29.1 Å². The summed E-state index contributed by atoms with van der Waals surface area (Å²) in [5, 5.41) is 1.84. The Labute approximate surface area is 116 Å². The van der Waals surface area contributed by atoms with Gasteiger partial charge in [-0.1, -0.05) is 11.6 Å². The van der Waals surface area contributed by atoms with Crippen LogP contribution in [0.3, 0.4) is 0 Å². The Bertz CT molecular complexity index is 690. The number of nitrogens with one attached hydrogen (secondary N) is 1. The molecule has 104 valence electrons. The second kappa shape index (κ2) is 5.50. The van der Waals surface area contributed by atoms with E-state index < -0.39 is 34.9 Å². The molecule has 1 N–H and O–H groups in total. The van der Waals surface area contributed by atoms with Gasteiger partial charge in [-0.05, 0) is 30.3 Å². The molecule has 0 bridgehead atoms. The Kier molecular flexibility index (Phi) is 3.94. The summed E-state index contributed by atoms with van der Waals surface area (Å²) < 4.78 is 51.9. The molecule has 0 aliphatic heterocycles. The van der Waals surface area contributed by atoms with Gasteiger partial charge >= 0.3 is 0 Å². The number of carbonyl (C=O) groups excluding carboxylic acids is 1. The maximum atomic E-state index is 13.4. The van der Waals surface area contributed by atoms with E-state index in [-0.39, 0.29) is 10.6 Å². The number of rotatable bonds is 2. The highest BCUT2D eigenvalue weighted by atomic mass is 35.5. The molecule has 0 radical (unpaired) electrons. The number of hydrogen-bond acceptors (Lipinski definition) is 1. The summed E-state index contributed by atoms with van der Waals surface area (Å²) in [5.41, 5.74) is -0.675. The van der Waals surface area contributed by atoms with Gasteiger partial charge < -0.3 is 5.32 Å². The maximum Gasteiger partial charge on any atom is 0.257 e. The number of anilines is 1. The zero-order chi connectivity index (χ0) is 14.9. The quantitative estimate of drug-likeness (QED) is 0.655. The minimum atomic E-state index is -1.70. The van der Waals surface area contributed by atoms with E-state index in [1.54, 1.807) is 0 Å². The molecular formula is C13H6ClF4NO. The van der Waals surface area contributed by atoms with Gasteiger partial charge in [-0.25, -0.2) is 17.6 Å². The summed E-state index contributed by atoms with van der Waals surface area (Å²) in [6, 6.07) is 4.51. The molecule has 0 unspecified atom stereocenters. The molecule has 7 heteroatoms.